The number of piperidine rings is 1. The lowest BCUT2D eigenvalue weighted by Crippen LogP contribution is -2.43. The van der Waals surface area contributed by atoms with Gasteiger partial charge >= 0.3 is 0 Å². The van der Waals surface area contributed by atoms with E-state index in [0.717, 1.165) is 58.4 Å². The van der Waals surface area contributed by atoms with Gasteiger partial charge in [0.05, 0.1) is 5.71 Å². The smallest absolute Gasteiger partial charge is 0.257 e. The molecule has 1 saturated heterocycles. The number of pyridine rings is 1. The molecule has 1 fully saturated rings. The maximum atomic E-state index is 12.7. The zero-order valence-electron chi connectivity index (χ0n) is 20.5. The van der Waals surface area contributed by atoms with Crippen LogP contribution < -0.4 is 10.0 Å². The summed E-state index contributed by atoms with van der Waals surface area (Å²) in [6.07, 6.45) is 4.33. The van der Waals surface area contributed by atoms with Crippen LogP contribution in [0.5, 0.6) is 0 Å². The van der Waals surface area contributed by atoms with Gasteiger partial charge in [0.25, 0.3) is 5.91 Å². The number of oxime groups is 1. The van der Waals surface area contributed by atoms with Crippen LogP contribution in [0.4, 0.5) is 0 Å². The lowest BCUT2D eigenvalue weighted by Gasteiger charge is -2.36. The molecule has 7 nitrogen and oxygen atoms in total. The van der Waals surface area contributed by atoms with E-state index in [4.69, 9.17) is 4.84 Å². The first-order valence-electron chi connectivity index (χ1n) is 12.0. The Morgan fingerprint density at radius 1 is 1.26 bits per heavy atom. The van der Waals surface area contributed by atoms with Gasteiger partial charge < -0.3 is 20.3 Å². The van der Waals surface area contributed by atoms with Gasteiger partial charge in [-0.3, -0.25) is 4.79 Å². The lowest BCUT2D eigenvalue weighted by molar-refractivity contribution is -0.612. The number of likely N-dealkylation sites (tertiary alicyclic amines) is 1. The summed E-state index contributed by atoms with van der Waals surface area (Å²) in [7, 11) is 0. The van der Waals surface area contributed by atoms with Gasteiger partial charge in [-0.25, -0.2) is 0 Å². The second kappa shape index (κ2) is 12.3. The van der Waals surface area contributed by atoms with Crippen molar-refractivity contribution in [3.8, 4) is 0 Å². The van der Waals surface area contributed by atoms with Crippen molar-refractivity contribution >= 4 is 27.5 Å². The van der Waals surface area contributed by atoms with Crippen molar-refractivity contribution < 1.29 is 14.4 Å². The predicted octanol–water partition coefficient (Wildman–Crippen LogP) is 4.36. The van der Waals surface area contributed by atoms with E-state index in [1.165, 1.54) is 6.20 Å². The molecule has 1 amide bonds. The minimum atomic E-state index is -0.183. The maximum absolute atomic E-state index is 12.7. The fourth-order valence-corrected chi connectivity index (χ4v) is 4.77. The second-order valence-corrected chi connectivity index (χ2v) is 9.81. The molecule has 34 heavy (non-hydrogen) atoms. The Morgan fingerprint density at radius 3 is 2.59 bits per heavy atom. The zero-order valence-corrected chi connectivity index (χ0v) is 22.1. The summed E-state index contributed by atoms with van der Waals surface area (Å²) < 4.78 is 1.79. The van der Waals surface area contributed by atoms with Crippen LogP contribution in [-0.4, -0.2) is 48.8 Å². The maximum Gasteiger partial charge on any atom is 0.257 e. The zero-order chi connectivity index (χ0) is 24.7. The number of nitrogens with zero attached hydrogens (tertiary/aromatic N) is 3. The van der Waals surface area contributed by atoms with Crippen molar-refractivity contribution in [2.24, 2.45) is 11.1 Å². The molecule has 0 radical (unpaired) electrons. The number of hydrogen-bond donors (Lipinski definition) is 1. The highest BCUT2D eigenvalue weighted by atomic mass is 79.9. The molecular weight excluding hydrogens is 496 g/mol. The van der Waals surface area contributed by atoms with E-state index in [-0.39, 0.29) is 5.91 Å². The SMILES string of the molecule is CCO/N=C(\c1ccc(Br)cc1)C1CCN(C(C)CCNC(=O)c2c(C)cc[n+]([O-])c2C)CC1. The van der Waals surface area contributed by atoms with Crippen LogP contribution >= 0.6 is 15.9 Å². The first-order valence-corrected chi connectivity index (χ1v) is 12.8. The fraction of sp³-hybridized carbons (Fsp3) is 0.500. The van der Waals surface area contributed by atoms with E-state index in [0.29, 0.717) is 36.4 Å². The fourth-order valence-electron chi connectivity index (χ4n) is 4.51. The summed E-state index contributed by atoms with van der Waals surface area (Å²) >= 11 is 3.50. The van der Waals surface area contributed by atoms with Crippen molar-refractivity contribution in [2.75, 3.05) is 26.2 Å². The Morgan fingerprint density at radius 2 is 1.94 bits per heavy atom. The number of amides is 1. The van der Waals surface area contributed by atoms with Gasteiger partial charge in [0.2, 0.25) is 5.69 Å². The topological polar surface area (TPSA) is 80.9 Å². The number of rotatable bonds is 9. The van der Waals surface area contributed by atoms with Crippen LogP contribution in [0.25, 0.3) is 0 Å². The Balaban J connectivity index is 1.52. The highest BCUT2D eigenvalue weighted by molar-refractivity contribution is 9.10. The largest absolute Gasteiger partial charge is 0.618 e. The molecule has 1 aliphatic rings. The number of hydrogen-bond acceptors (Lipinski definition) is 5. The molecule has 2 aromatic rings. The van der Waals surface area contributed by atoms with Gasteiger partial charge in [0.1, 0.15) is 12.2 Å². The molecule has 0 bridgehead atoms. The molecule has 1 unspecified atom stereocenters. The van der Waals surface area contributed by atoms with Gasteiger partial charge in [-0.15, -0.1) is 0 Å². The number of halogens is 1. The monoisotopic (exact) mass is 530 g/mol. The van der Waals surface area contributed by atoms with Crippen molar-refractivity contribution in [1.82, 2.24) is 10.2 Å². The molecule has 1 aromatic carbocycles. The Hall–Kier alpha value is -2.45. The number of carbonyl (C=O) groups is 1. The van der Waals surface area contributed by atoms with Crippen LogP contribution in [0.3, 0.4) is 0 Å². The third kappa shape index (κ3) is 6.57. The van der Waals surface area contributed by atoms with Gasteiger partial charge in [-0.2, -0.15) is 4.73 Å². The number of nitrogens with one attached hydrogen (secondary N) is 1. The second-order valence-electron chi connectivity index (χ2n) is 8.89. The molecule has 1 atom stereocenters. The minimum absolute atomic E-state index is 0.183. The third-order valence-electron chi connectivity index (χ3n) is 6.59. The summed E-state index contributed by atoms with van der Waals surface area (Å²) in [5.74, 6) is 0.177. The van der Waals surface area contributed by atoms with Gasteiger partial charge in [0.15, 0.2) is 6.20 Å². The minimum Gasteiger partial charge on any atom is -0.618 e. The molecule has 184 valence electrons. The summed E-state index contributed by atoms with van der Waals surface area (Å²) in [4.78, 5) is 20.6. The number of aryl methyl sites for hydroxylation is 1. The van der Waals surface area contributed by atoms with E-state index < -0.39 is 0 Å². The van der Waals surface area contributed by atoms with Crippen molar-refractivity contribution in [3.05, 3.63) is 68.6 Å². The highest BCUT2D eigenvalue weighted by Crippen LogP contribution is 2.25. The standard InChI is InChI=1S/C26H35BrN4O3/c1-5-34-29-25(21-6-8-23(27)9-7-21)22-12-15-30(16-13-22)19(3)10-14-28-26(32)24-18(2)11-17-31(33)20(24)4/h6-9,11,17,19,22H,5,10,12-16H2,1-4H3,(H,28,32)/b29-25+. The van der Waals surface area contributed by atoms with E-state index >= 15 is 0 Å². The van der Waals surface area contributed by atoms with E-state index in [1.807, 2.05) is 26.0 Å². The van der Waals surface area contributed by atoms with Crippen molar-refractivity contribution in [2.45, 2.75) is 53.0 Å². The number of benzene rings is 1. The van der Waals surface area contributed by atoms with E-state index in [2.05, 4.69) is 50.4 Å². The van der Waals surface area contributed by atoms with Crippen LogP contribution in [0.2, 0.25) is 0 Å². The normalized spacial score (nSPS) is 16.3. The third-order valence-corrected chi connectivity index (χ3v) is 7.12. The lowest BCUT2D eigenvalue weighted by atomic mass is 9.87. The molecule has 0 saturated carbocycles. The first-order chi connectivity index (χ1) is 16.3. The average Bonchev–Trinajstić information content (AvgIpc) is 2.83. The van der Waals surface area contributed by atoms with Crippen LogP contribution in [0, 0.1) is 25.0 Å². The molecule has 1 aromatic heterocycles. The summed E-state index contributed by atoms with van der Waals surface area (Å²) in [5.41, 5.74) is 3.85. The molecular formula is C26H35BrN4O3. The van der Waals surface area contributed by atoms with Crippen molar-refractivity contribution in [1.29, 1.82) is 0 Å². The Bertz CT molecular complexity index is 1000. The van der Waals surface area contributed by atoms with Crippen LogP contribution in [0.15, 0.2) is 46.2 Å². The summed E-state index contributed by atoms with van der Waals surface area (Å²) in [6, 6.07) is 10.3. The van der Waals surface area contributed by atoms with Gasteiger partial charge in [-0.05, 0) is 76.4 Å². The molecule has 8 heteroatoms. The average molecular weight is 531 g/mol. The van der Waals surface area contributed by atoms with E-state index in [1.54, 1.807) is 13.0 Å². The predicted molar refractivity (Wildman–Crippen MR) is 138 cm³/mol. The quantitative estimate of drug-likeness (QED) is 0.226. The highest BCUT2D eigenvalue weighted by Gasteiger charge is 2.27. The Labute approximate surface area is 210 Å². The molecule has 1 aliphatic heterocycles. The Kier molecular flexibility index (Phi) is 9.47. The first kappa shape index (κ1) is 26.2. The summed E-state index contributed by atoms with van der Waals surface area (Å²) in [6.45, 7) is 10.8. The van der Waals surface area contributed by atoms with Gasteiger partial charge in [-0.1, -0.05) is 33.2 Å². The molecule has 1 N–H and O–H groups in total. The van der Waals surface area contributed by atoms with E-state index in [9.17, 15) is 10.0 Å². The van der Waals surface area contributed by atoms with Crippen molar-refractivity contribution in [3.63, 3.8) is 0 Å². The number of carbonyl (C=O) groups excluding carboxylic acids is 1. The van der Waals surface area contributed by atoms with Gasteiger partial charge in [0, 0.05) is 36.0 Å². The molecule has 2 heterocycles. The molecule has 3 rings (SSSR count). The van der Waals surface area contributed by atoms with Crippen LogP contribution in [0.1, 0.15) is 60.3 Å². The number of aromatic nitrogens is 1. The summed E-state index contributed by atoms with van der Waals surface area (Å²) in [5, 5.41) is 19.3. The van der Waals surface area contributed by atoms with Crippen LogP contribution in [-0.2, 0) is 4.84 Å². The molecule has 0 aliphatic carbocycles. The molecule has 0 spiro atoms.